The minimum atomic E-state index is 0.496. The molecular weight excluding hydrogens is 114 g/mol. The summed E-state index contributed by atoms with van der Waals surface area (Å²) in [4.78, 5) is 7.51. The summed E-state index contributed by atoms with van der Waals surface area (Å²) in [6.07, 6.45) is 4.69. The van der Waals surface area contributed by atoms with E-state index < -0.39 is 0 Å². The van der Waals surface area contributed by atoms with Crippen molar-refractivity contribution in [2.75, 3.05) is 0 Å². The average Bonchev–Trinajstić information content (AvgIpc) is 1.90. The molecule has 0 fully saturated rings. The van der Waals surface area contributed by atoms with Crippen molar-refractivity contribution in [3.63, 3.8) is 0 Å². The molecule has 3 nitrogen and oxygen atoms in total. The van der Waals surface area contributed by atoms with Crippen molar-refractivity contribution in [3.05, 3.63) is 30.9 Å². The van der Waals surface area contributed by atoms with Crippen molar-refractivity contribution >= 4 is 5.70 Å². The van der Waals surface area contributed by atoms with Gasteiger partial charge < -0.3 is 5.73 Å². The number of hydrogen-bond donors (Lipinski definition) is 1. The second-order valence-corrected chi connectivity index (χ2v) is 1.65. The summed E-state index contributed by atoms with van der Waals surface area (Å²) in [5.74, 6) is 0. The van der Waals surface area contributed by atoms with Crippen LogP contribution >= 0.6 is 0 Å². The molecule has 3 heteroatoms. The lowest BCUT2D eigenvalue weighted by atomic mass is 10.3. The molecule has 1 aromatic heterocycles. The Morgan fingerprint density at radius 2 is 2.00 bits per heavy atom. The topological polar surface area (TPSA) is 51.8 Å². The van der Waals surface area contributed by atoms with E-state index in [2.05, 4.69) is 16.5 Å². The Morgan fingerprint density at radius 1 is 1.44 bits per heavy atom. The van der Waals surface area contributed by atoms with Crippen LogP contribution in [0.25, 0.3) is 5.70 Å². The van der Waals surface area contributed by atoms with Crippen LogP contribution in [0.3, 0.4) is 0 Å². The first-order valence-electron chi connectivity index (χ1n) is 2.50. The van der Waals surface area contributed by atoms with Crippen LogP contribution in [-0.2, 0) is 0 Å². The van der Waals surface area contributed by atoms with Gasteiger partial charge in [0.1, 0.15) is 6.33 Å². The molecule has 1 aromatic rings. The number of nitrogens with zero attached hydrogens (tertiary/aromatic N) is 2. The fourth-order valence-electron chi connectivity index (χ4n) is 0.465. The number of nitrogens with two attached hydrogens (primary N) is 1. The van der Waals surface area contributed by atoms with E-state index in [4.69, 9.17) is 5.73 Å². The highest BCUT2D eigenvalue weighted by atomic mass is 14.8. The first-order chi connectivity index (χ1) is 4.30. The van der Waals surface area contributed by atoms with E-state index in [-0.39, 0.29) is 0 Å². The van der Waals surface area contributed by atoms with Gasteiger partial charge in [0.05, 0.1) is 0 Å². The van der Waals surface area contributed by atoms with Gasteiger partial charge in [-0.1, -0.05) is 6.58 Å². The van der Waals surface area contributed by atoms with Crippen LogP contribution in [0.15, 0.2) is 25.3 Å². The van der Waals surface area contributed by atoms with Crippen LogP contribution in [-0.4, -0.2) is 9.97 Å². The molecule has 9 heavy (non-hydrogen) atoms. The van der Waals surface area contributed by atoms with E-state index in [1.807, 2.05) is 0 Å². The second kappa shape index (κ2) is 2.26. The maximum atomic E-state index is 5.34. The molecule has 0 saturated carbocycles. The molecule has 0 bridgehead atoms. The normalized spacial score (nSPS) is 8.89. The van der Waals surface area contributed by atoms with Gasteiger partial charge in [-0.25, -0.2) is 9.97 Å². The van der Waals surface area contributed by atoms with Gasteiger partial charge in [-0.2, -0.15) is 0 Å². The van der Waals surface area contributed by atoms with Crippen LogP contribution in [0.5, 0.6) is 0 Å². The van der Waals surface area contributed by atoms with Crippen molar-refractivity contribution in [2.45, 2.75) is 0 Å². The molecule has 0 atom stereocenters. The molecule has 0 aliphatic rings. The first kappa shape index (κ1) is 5.75. The van der Waals surface area contributed by atoms with Crippen molar-refractivity contribution in [3.8, 4) is 0 Å². The lowest BCUT2D eigenvalue weighted by molar-refractivity contribution is 1.15. The van der Waals surface area contributed by atoms with E-state index in [9.17, 15) is 0 Å². The third-order valence-electron chi connectivity index (χ3n) is 0.931. The third-order valence-corrected chi connectivity index (χ3v) is 0.931. The number of hydrogen-bond acceptors (Lipinski definition) is 3. The Kier molecular flexibility index (Phi) is 1.44. The van der Waals surface area contributed by atoms with Gasteiger partial charge in [0.15, 0.2) is 0 Å². The molecule has 2 N–H and O–H groups in total. The Morgan fingerprint density at radius 3 is 2.33 bits per heavy atom. The largest absolute Gasteiger partial charge is 0.399 e. The monoisotopic (exact) mass is 121 g/mol. The quantitative estimate of drug-likeness (QED) is 0.585. The number of aromatic nitrogens is 2. The SMILES string of the molecule is C=C(N)c1cncnc1. The molecule has 1 rings (SSSR count). The van der Waals surface area contributed by atoms with Crippen molar-refractivity contribution < 1.29 is 0 Å². The zero-order valence-electron chi connectivity index (χ0n) is 4.91. The molecule has 0 unspecified atom stereocenters. The fourth-order valence-corrected chi connectivity index (χ4v) is 0.465. The highest BCUT2D eigenvalue weighted by Crippen LogP contribution is 1.99. The second-order valence-electron chi connectivity index (χ2n) is 1.65. The molecule has 0 aliphatic heterocycles. The van der Waals surface area contributed by atoms with Crippen LogP contribution in [0.1, 0.15) is 5.56 Å². The summed E-state index contributed by atoms with van der Waals surface area (Å²) in [7, 11) is 0. The predicted octanol–water partition coefficient (Wildman–Crippen LogP) is 0.406. The molecule has 46 valence electrons. The van der Waals surface area contributed by atoms with Crippen LogP contribution in [0.2, 0.25) is 0 Å². The van der Waals surface area contributed by atoms with Gasteiger partial charge in [0.25, 0.3) is 0 Å². The van der Waals surface area contributed by atoms with Gasteiger partial charge in [0, 0.05) is 23.7 Å². The van der Waals surface area contributed by atoms with Gasteiger partial charge in [0.2, 0.25) is 0 Å². The molecule has 1 heterocycles. The van der Waals surface area contributed by atoms with Crippen LogP contribution < -0.4 is 5.73 Å². The van der Waals surface area contributed by atoms with Crippen LogP contribution in [0, 0.1) is 0 Å². The molecular formula is C6H7N3. The minimum absolute atomic E-state index is 0.496. The standard InChI is InChI=1S/C6H7N3/c1-5(7)6-2-8-4-9-3-6/h2-4H,1,7H2. The Hall–Kier alpha value is -1.38. The lowest BCUT2D eigenvalue weighted by Crippen LogP contribution is -1.94. The average molecular weight is 121 g/mol. The minimum Gasteiger partial charge on any atom is -0.399 e. The van der Waals surface area contributed by atoms with E-state index >= 15 is 0 Å². The van der Waals surface area contributed by atoms with Crippen LogP contribution in [0.4, 0.5) is 0 Å². The number of rotatable bonds is 1. The molecule has 0 spiro atoms. The Balaban J connectivity index is 2.98. The summed E-state index contributed by atoms with van der Waals surface area (Å²) in [5, 5.41) is 0. The van der Waals surface area contributed by atoms with Crippen molar-refractivity contribution in [2.24, 2.45) is 5.73 Å². The maximum absolute atomic E-state index is 5.34. The zero-order valence-corrected chi connectivity index (χ0v) is 4.91. The van der Waals surface area contributed by atoms with E-state index in [0.29, 0.717) is 5.70 Å². The molecule has 0 aromatic carbocycles. The van der Waals surface area contributed by atoms with E-state index in [0.717, 1.165) is 5.56 Å². The van der Waals surface area contributed by atoms with E-state index in [1.165, 1.54) is 6.33 Å². The zero-order chi connectivity index (χ0) is 6.69. The summed E-state index contributed by atoms with van der Waals surface area (Å²) >= 11 is 0. The Bertz CT molecular complexity index is 205. The third kappa shape index (κ3) is 1.25. The highest BCUT2D eigenvalue weighted by molar-refractivity contribution is 5.57. The molecule has 0 radical (unpaired) electrons. The highest BCUT2D eigenvalue weighted by Gasteiger charge is 1.89. The lowest BCUT2D eigenvalue weighted by Gasteiger charge is -1.93. The summed E-state index contributed by atoms with van der Waals surface area (Å²) in [6.45, 7) is 3.52. The van der Waals surface area contributed by atoms with Crippen molar-refractivity contribution in [1.82, 2.24) is 9.97 Å². The molecule has 0 saturated heterocycles. The summed E-state index contributed by atoms with van der Waals surface area (Å²) in [5.41, 5.74) is 6.61. The first-order valence-corrected chi connectivity index (χ1v) is 2.50. The van der Waals surface area contributed by atoms with Gasteiger partial charge >= 0.3 is 0 Å². The molecule has 0 amide bonds. The van der Waals surface area contributed by atoms with Crippen molar-refractivity contribution in [1.29, 1.82) is 0 Å². The fraction of sp³-hybridized carbons (Fsp3) is 0. The Labute approximate surface area is 53.3 Å². The summed E-state index contributed by atoms with van der Waals surface area (Å²) in [6, 6.07) is 0. The predicted molar refractivity (Wildman–Crippen MR) is 35.3 cm³/mol. The van der Waals surface area contributed by atoms with Gasteiger partial charge in [-0.05, 0) is 0 Å². The molecule has 0 aliphatic carbocycles. The maximum Gasteiger partial charge on any atom is 0.115 e. The van der Waals surface area contributed by atoms with Gasteiger partial charge in [-0.3, -0.25) is 0 Å². The summed E-state index contributed by atoms with van der Waals surface area (Å²) < 4.78 is 0. The smallest absolute Gasteiger partial charge is 0.115 e. The van der Waals surface area contributed by atoms with Gasteiger partial charge in [-0.15, -0.1) is 0 Å². The van der Waals surface area contributed by atoms with E-state index in [1.54, 1.807) is 12.4 Å².